The molecule has 0 aliphatic rings. The zero-order chi connectivity index (χ0) is 31.7. The van der Waals surface area contributed by atoms with Crippen molar-refractivity contribution in [1.82, 2.24) is 20.1 Å². The summed E-state index contributed by atoms with van der Waals surface area (Å²) in [6, 6.07) is 20.6. The molecule has 1 atom stereocenters. The lowest BCUT2D eigenvalue weighted by atomic mass is 9.87. The SMILES string of the molecule is CC(=O)Nc1ccc(C[C@H](NC(=O)CCCCCc2cn(-c3ccc(C(C)(C)C)cc3)nc2-c2ccccn2)C(N)=O)cc1. The maximum Gasteiger partial charge on any atom is 0.240 e. The Hall–Kier alpha value is -4.79. The van der Waals surface area contributed by atoms with Gasteiger partial charge in [0.25, 0.3) is 0 Å². The summed E-state index contributed by atoms with van der Waals surface area (Å²) in [5, 5.41) is 10.4. The summed E-state index contributed by atoms with van der Waals surface area (Å²) >= 11 is 0. The summed E-state index contributed by atoms with van der Waals surface area (Å²) < 4.78 is 1.91. The molecule has 3 amide bonds. The van der Waals surface area contributed by atoms with Crippen LogP contribution in [-0.2, 0) is 32.6 Å². The van der Waals surface area contributed by atoms with Crippen LogP contribution in [0.2, 0.25) is 0 Å². The molecule has 4 rings (SSSR count). The highest BCUT2D eigenvalue weighted by molar-refractivity contribution is 5.89. The summed E-state index contributed by atoms with van der Waals surface area (Å²) in [7, 11) is 0. The molecule has 0 saturated heterocycles. The second kappa shape index (κ2) is 14.6. The van der Waals surface area contributed by atoms with Gasteiger partial charge in [0.2, 0.25) is 17.7 Å². The number of aromatic nitrogens is 3. The molecule has 0 aliphatic heterocycles. The molecule has 2 heterocycles. The number of carbonyl (C=O) groups excluding carboxylic acids is 3. The topological polar surface area (TPSA) is 132 Å². The fraction of sp³-hybridized carbons (Fsp3) is 0.343. The number of anilines is 1. The maximum absolute atomic E-state index is 12.7. The highest BCUT2D eigenvalue weighted by Gasteiger charge is 2.19. The number of amides is 3. The van der Waals surface area contributed by atoms with E-state index in [1.807, 2.05) is 22.9 Å². The van der Waals surface area contributed by atoms with Crippen LogP contribution >= 0.6 is 0 Å². The molecular formula is C35H42N6O3. The number of unbranched alkanes of at least 4 members (excludes halogenated alkanes) is 2. The van der Waals surface area contributed by atoms with Crippen LogP contribution in [0.1, 0.15) is 70.1 Å². The molecule has 9 heteroatoms. The van der Waals surface area contributed by atoms with Crippen molar-refractivity contribution < 1.29 is 14.4 Å². The molecule has 4 aromatic rings. The van der Waals surface area contributed by atoms with Crippen LogP contribution in [0.25, 0.3) is 17.1 Å². The average Bonchev–Trinajstić information content (AvgIpc) is 3.41. The molecule has 0 aliphatic carbocycles. The van der Waals surface area contributed by atoms with Gasteiger partial charge in [-0.05, 0) is 72.2 Å². The quantitative estimate of drug-likeness (QED) is 0.176. The first-order chi connectivity index (χ1) is 21.0. The molecule has 2 aromatic heterocycles. The van der Waals surface area contributed by atoms with Crippen molar-refractivity contribution in [3.8, 4) is 17.1 Å². The third-order valence-electron chi connectivity index (χ3n) is 7.44. The van der Waals surface area contributed by atoms with E-state index in [0.29, 0.717) is 18.5 Å². The number of nitrogens with two attached hydrogens (primary N) is 1. The first-order valence-corrected chi connectivity index (χ1v) is 15.1. The van der Waals surface area contributed by atoms with Crippen LogP contribution in [-0.4, -0.2) is 38.5 Å². The average molecular weight is 595 g/mol. The van der Waals surface area contributed by atoms with E-state index >= 15 is 0 Å². The Morgan fingerprint density at radius 2 is 1.66 bits per heavy atom. The van der Waals surface area contributed by atoms with Gasteiger partial charge in [-0.2, -0.15) is 5.10 Å². The molecule has 0 unspecified atom stereocenters. The van der Waals surface area contributed by atoms with Crippen molar-refractivity contribution in [2.45, 2.75) is 77.7 Å². The monoisotopic (exact) mass is 594 g/mol. The highest BCUT2D eigenvalue weighted by Crippen LogP contribution is 2.26. The fourth-order valence-electron chi connectivity index (χ4n) is 4.99. The van der Waals surface area contributed by atoms with E-state index in [1.54, 1.807) is 30.5 Å². The Bertz CT molecular complexity index is 1560. The van der Waals surface area contributed by atoms with Crippen LogP contribution in [0.3, 0.4) is 0 Å². The third kappa shape index (κ3) is 9.10. The van der Waals surface area contributed by atoms with E-state index in [-0.39, 0.29) is 23.7 Å². The molecule has 230 valence electrons. The molecule has 0 bridgehead atoms. The summed E-state index contributed by atoms with van der Waals surface area (Å²) in [5.74, 6) is -0.952. The van der Waals surface area contributed by atoms with Crippen molar-refractivity contribution in [2.24, 2.45) is 5.73 Å². The van der Waals surface area contributed by atoms with Crippen molar-refractivity contribution in [3.63, 3.8) is 0 Å². The van der Waals surface area contributed by atoms with E-state index in [0.717, 1.165) is 47.5 Å². The van der Waals surface area contributed by atoms with Crippen LogP contribution in [0, 0.1) is 0 Å². The van der Waals surface area contributed by atoms with E-state index in [2.05, 4.69) is 66.9 Å². The van der Waals surface area contributed by atoms with Crippen molar-refractivity contribution in [3.05, 3.63) is 95.8 Å². The van der Waals surface area contributed by atoms with Crippen molar-refractivity contribution in [1.29, 1.82) is 0 Å². The number of aryl methyl sites for hydroxylation is 1. The number of hydrogen-bond acceptors (Lipinski definition) is 5. The first kappa shape index (κ1) is 32.1. The maximum atomic E-state index is 12.7. The van der Waals surface area contributed by atoms with Gasteiger partial charge in [-0.15, -0.1) is 0 Å². The summed E-state index contributed by atoms with van der Waals surface area (Å²) in [4.78, 5) is 40.4. The first-order valence-electron chi connectivity index (χ1n) is 15.1. The van der Waals surface area contributed by atoms with Gasteiger partial charge in [0, 0.05) is 43.4 Å². The molecule has 9 nitrogen and oxygen atoms in total. The Morgan fingerprint density at radius 1 is 0.932 bits per heavy atom. The molecule has 4 N–H and O–H groups in total. The Morgan fingerprint density at radius 3 is 2.27 bits per heavy atom. The largest absolute Gasteiger partial charge is 0.368 e. The smallest absolute Gasteiger partial charge is 0.240 e. The van der Waals surface area contributed by atoms with E-state index in [9.17, 15) is 14.4 Å². The second-order valence-corrected chi connectivity index (χ2v) is 12.1. The standard InChI is InChI=1S/C35H42N6O3/c1-24(42)38-28-17-13-25(14-18-28)22-31(34(36)44)39-32(43)12-7-5-6-10-26-23-41(40-33(26)30-11-8-9-21-37-30)29-19-15-27(16-20-29)35(2,3)4/h8-9,11,13-21,23,31H,5-7,10,12,22H2,1-4H3,(H2,36,44)(H,38,42)(H,39,43)/t31-/m0/s1. The molecule has 0 saturated carbocycles. The molecule has 0 spiro atoms. The van der Waals surface area contributed by atoms with Gasteiger partial charge in [0.1, 0.15) is 11.7 Å². The van der Waals surface area contributed by atoms with Crippen LogP contribution < -0.4 is 16.4 Å². The fourth-order valence-corrected chi connectivity index (χ4v) is 4.99. The van der Waals surface area contributed by atoms with E-state index in [1.165, 1.54) is 12.5 Å². The van der Waals surface area contributed by atoms with Crippen molar-refractivity contribution in [2.75, 3.05) is 5.32 Å². The van der Waals surface area contributed by atoms with Gasteiger partial charge in [-0.3, -0.25) is 19.4 Å². The number of primary amides is 1. The predicted molar refractivity (Wildman–Crippen MR) is 173 cm³/mol. The molecule has 0 radical (unpaired) electrons. The van der Waals surface area contributed by atoms with E-state index in [4.69, 9.17) is 10.8 Å². The van der Waals surface area contributed by atoms with Crippen LogP contribution in [0.5, 0.6) is 0 Å². The number of hydrogen-bond donors (Lipinski definition) is 3. The molecule has 2 aromatic carbocycles. The Labute approximate surface area is 259 Å². The molecule has 44 heavy (non-hydrogen) atoms. The molecule has 0 fully saturated rings. The Balaban J connectivity index is 1.31. The predicted octanol–water partition coefficient (Wildman–Crippen LogP) is 5.51. The summed E-state index contributed by atoms with van der Waals surface area (Å²) in [6.07, 6.45) is 7.63. The lowest BCUT2D eigenvalue weighted by Gasteiger charge is -2.19. The van der Waals surface area contributed by atoms with Crippen molar-refractivity contribution >= 4 is 23.4 Å². The van der Waals surface area contributed by atoms with Crippen LogP contribution in [0.15, 0.2) is 79.1 Å². The zero-order valence-electron chi connectivity index (χ0n) is 26.0. The normalized spacial score (nSPS) is 12.0. The second-order valence-electron chi connectivity index (χ2n) is 12.1. The van der Waals surface area contributed by atoms with Crippen LogP contribution in [0.4, 0.5) is 5.69 Å². The number of carbonyl (C=O) groups is 3. The van der Waals surface area contributed by atoms with Gasteiger partial charge < -0.3 is 16.4 Å². The number of nitrogens with zero attached hydrogens (tertiary/aromatic N) is 3. The number of pyridine rings is 1. The minimum Gasteiger partial charge on any atom is -0.368 e. The summed E-state index contributed by atoms with van der Waals surface area (Å²) in [5.41, 5.74) is 12.2. The lowest BCUT2D eigenvalue weighted by Crippen LogP contribution is -2.45. The minimum absolute atomic E-state index is 0.0759. The Kier molecular flexibility index (Phi) is 10.7. The highest BCUT2D eigenvalue weighted by atomic mass is 16.2. The zero-order valence-corrected chi connectivity index (χ0v) is 26.0. The van der Waals surface area contributed by atoms with Gasteiger partial charge >= 0.3 is 0 Å². The van der Waals surface area contributed by atoms with Gasteiger partial charge in [-0.25, -0.2) is 4.68 Å². The van der Waals surface area contributed by atoms with Gasteiger partial charge in [0.15, 0.2) is 0 Å². The number of rotatable bonds is 13. The number of nitrogens with one attached hydrogen (secondary N) is 2. The van der Waals surface area contributed by atoms with E-state index < -0.39 is 11.9 Å². The lowest BCUT2D eigenvalue weighted by molar-refractivity contribution is -0.127. The third-order valence-corrected chi connectivity index (χ3v) is 7.44. The minimum atomic E-state index is -0.807. The van der Waals surface area contributed by atoms with Gasteiger partial charge in [0.05, 0.1) is 11.4 Å². The van der Waals surface area contributed by atoms with Gasteiger partial charge in [-0.1, -0.05) is 57.5 Å². The number of benzene rings is 2. The summed E-state index contributed by atoms with van der Waals surface area (Å²) in [6.45, 7) is 8.03. The molecular weight excluding hydrogens is 552 g/mol.